The van der Waals surface area contributed by atoms with E-state index in [1.54, 1.807) is 10.9 Å². The molecule has 0 radical (unpaired) electrons. The van der Waals surface area contributed by atoms with Gasteiger partial charge < -0.3 is 16.0 Å². The summed E-state index contributed by atoms with van der Waals surface area (Å²) >= 11 is 0. The average Bonchev–Trinajstić information content (AvgIpc) is 2.81. The van der Waals surface area contributed by atoms with Crippen molar-refractivity contribution in [2.24, 2.45) is 7.05 Å². The van der Waals surface area contributed by atoms with Crippen LogP contribution in [0.3, 0.4) is 0 Å². The van der Waals surface area contributed by atoms with Crippen LogP contribution in [0, 0.1) is 0 Å². The lowest BCUT2D eigenvalue weighted by Gasteiger charge is -2.17. The monoisotopic (exact) mass is 277 g/mol. The highest BCUT2D eigenvalue weighted by Crippen LogP contribution is 2.18. The van der Waals surface area contributed by atoms with Gasteiger partial charge in [-0.3, -0.25) is 4.68 Å². The summed E-state index contributed by atoms with van der Waals surface area (Å²) in [5.74, 6) is 1.03. The molecule has 2 aromatic heterocycles. The van der Waals surface area contributed by atoms with Gasteiger partial charge in [-0.15, -0.1) is 0 Å². The molecule has 7 nitrogen and oxygen atoms in total. The second-order valence-electron chi connectivity index (χ2n) is 4.75. The second-order valence-corrected chi connectivity index (χ2v) is 4.75. The van der Waals surface area contributed by atoms with Crippen molar-refractivity contribution in [2.45, 2.75) is 20.3 Å². The number of nitrogens with zero attached hydrogens (tertiary/aromatic N) is 5. The molecule has 20 heavy (non-hydrogen) atoms. The topological polar surface area (TPSA) is 84.9 Å². The van der Waals surface area contributed by atoms with Gasteiger partial charge in [0, 0.05) is 13.6 Å². The molecule has 0 unspecified atom stereocenters. The van der Waals surface area contributed by atoms with Gasteiger partial charge in [0.2, 0.25) is 5.95 Å². The van der Waals surface area contributed by atoms with Gasteiger partial charge in [0.05, 0.1) is 11.6 Å². The lowest BCUT2D eigenvalue weighted by Crippen LogP contribution is -2.25. The van der Waals surface area contributed by atoms with Crippen LogP contribution in [0.4, 0.5) is 11.8 Å². The van der Waals surface area contributed by atoms with Crippen LogP contribution < -0.4 is 11.1 Å². The average molecular weight is 277 g/mol. The number of hydrogen-bond donors (Lipinski definition) is 2. The lowest BCUT2D eigenvalue weighted by molar-refractivity contribution is 0.303. The second kappa shape index (κ2) is 6.51. The zero-order valence-corrected chi connectivity index (χ0v) is 12.4. The molecule has 0 aliphatic rings. The number of aryl methyl sites for hydroxylation is 1. The summed E-state index contributed by atoms with van der Waals surface area (Å²) in [6, 6.07) is 0. The first kappa shape index (κ1) is 14.5. The summed E-state index contributed by atoms with van der Waals surface area (Å²) in [7, 11) is 1.85. The number of hydrogen-bond acceptors (Lipinski definition) is 6. The first-order valence-electron chi connectivity index (χ1n) is 7.07. The van der Waals surface area contributed by atoms with Crippen molar-refractivity contribution in [1.29, 1.82) is 0 Å². The summed E-state index contributed by atoms with van der Waals surface area (Å²) in [4.78, 5) is 11.1. The van der Waals surface area contributed by atoms with Crippen molar-refractivity contribution in [2.75, 3.05) is 37.2 Å². The number of nitrogen functional groups attached to an aromatic ring is 1. The molecule has 0 aliphatic heterocycles. The predicted octanol–water partition coefficient (Wildman–Crippen LogP) is 1.09. The summed E-state index contributed by atoms with van der Waals surface area (Å²) in [6.07, 6.45) is 2.74. The van der Waals surface area contributed by atoms with Crippen LogP contribution in [0.25, 0.3) is 11.0 Å². The Morgan fingerprint density at radius 3 is 2.75 bits per heavy atom. The highest BCUT2D eigenvalue weighted by atomic mass is 15.3. The Bertz CT molecular complexity index is 559. The maximum Gasteiger partial charge on any atom is 0.226 e. The Balaban J connectivity index is 1.95. The highest BCUT2D eigenvalue weighted by molar-refractivity contribution is 5.86. The Morgan fingerprint density at radius 2 is 2.05 bits per heavy atom. The van der Waals surface area contributed by atoms with Crippen LogP contribution in [-0.2, 0) is 7.05 Å². The minimum Gasteiger partial charge on any atom is -0.383 e. The molecule has 0 bridgehead atoms. The molecule has 110 valence electrons. The van der Waals surface area contributed by atoms with Gasteiger partial charge in [0.15, 0.2) is 5.65 Å². The van der Waals surface area contributed by atoms with E-state index in [9.17, 15) is 0 Å². The van der Waals surface area contributed by atoms with Gasteiger partial charge in [-0.05, 0) is 26.1 Å². The third-order valence-corrected chi connectivity index (χ3v) is 3.45. The minimum atomic E-state index is 0.467. The van der Waals surface area contributed by atoms with Crippen LogP contribution in [0.2, 0.25) is 0 Å². The highest BCUT2D eigenvalue weighted by Gasteiger charge is 2.08. The van der Waals surface area contributed by atoms with Crippen molar-refractivity contribution >= 4 is 22.8 Å². The molecule has 0 aliphatic carbocycles. The fraction of sp³-hybridized carbons (Fsp3) is 0.615. The Morgan fingerprint density at radius 1 is 1.30 bits per heavy atom. The Labute approximate surface area is 119 Å². The third kappa shape index (κ3) is 3.16. The van der Waals surface area contributed by atoms with E-state index in [0.717, 1.165) is 43.6 Å². The van der Waals surface area contributed by atoms with Crippen molar-refractivity contribution in [3.8, 4) is 0 Å². The molecule has 0 saturated heterocycles. The van der Waals surface area contributed by atoms with E-state index in [1.165, 1.54) is 0 Å². The van der Waals surface area contributed by atoms with Crippen LogP contribution in [-0.4, -0.2) is 50.8 Å². The van der Waals surface area contributed by atoms with Gasteiger partial charge in [0.1, 0.15) is 5.82 Å². The molecule has 3 N–H and O–H groups in total. The molecule has 0 atom stereocenters. The molecular formula is C13H23N7. The van der Waals surface area contributed by atoms with Gasteiger partial charge in [0.25, 0.3) is 0 Å². The standard InChI is InChI=1S/C13H23N7/c1-4-20(5-2)8-6-7-15-13-17-11(14)10-9-16-19(3)12(10)18-13/h9H,4-8H2,1-3H3,(H3,14,15,17,18). The largest absolute Gasteiger partial charge is 0.383 e. The lowest BCUT2D eigenvalue weighted by atomic mass is 10.3. The smallest absolute Gasteiger partial charge is 0.226 e. The van der Waals surface area contributed by atoms with Crippen molar-refractivity contribution in [3.63, 3.8) is 0 Å². The van der Waals surface area contributed by atoms with E-state index in [2.05, 4.69) is 39.1 Å². The normalized spacial score (nSPS) is 11.4. The summed E-state index contributed by atoms with van der Waals surface area (Å²) in [6.45, 7) is 8.43. The molecular weight excluding hydrogens is 254 g/mol. The zero-order valence-electron chi connectivity index (χ0n) is 12.4. The van der Waals surface area contributed by atoms with Crippen LogP contribution in [0.15, 0.2) is 6.20 Å². The predicted molar refractivity (Wildman–Crippen MR) is 81.6 cm³/mol. The van der Waals surface area contributed by atoms with Crippen LogP contribution >= 0.6 is 0 Å². The summed E-state index contributed by atoms with van der Waals surface area (Å²) in [5, 5.41) is 8.16. The van der Waals surface area contributed by atoms with E-state index in [4.69, 9.17) is 5.73 Å². The number of nitrogens with two attached hydrogens (primary N) is 1. The number of aromatic nitrogens is 4. The fourth-order valence-electron chi connectivity index (χ4n) is 2.17. The fourth-order valence-corrected chi connectivity index (χ4v) is 2.17. The Hall–Kier alpha value is -1.89. The first-order chi connectivity index (χ1) is 9.65. The zero-order chi connectivity index (χ0) is 14.5. The quantitative estimate of drug-likeness (QED) is 0.737. The third-order valence-electron chi connectivity index (χ3n) is 3.45. The maximum absolute atomic E-state index is 5.91. The van der Waals surface area contributed by atoms with Crippen molar-refractivity contribution in [1.82, 2.24) is 24.6 Å². The van der Waals surface area contributed by atoms with E-state index in [-0.39, 0.29) is 0 Å². The molecule has 7 heteroatoms. The van der Waals surface area contributed by atoms with Gasteiger partial charge in [-0.2, -0.15) is 15.1 Å². The number of anilines is 2. The molecule has 2 rings (SSSR count). The molecule has 0 fully saturated rings. The maximum atomic E-state index is 5.91. The van der Waals surface area contributed by atoms with Crippen molar-refractivity contribution in [3.05, 3.63) is 6.20 Å². The first-order valence-corrected chi connectivity index (χ1v) is 7.07. The van der Waals surface area contributed by atoms with Gasteiger partial charge >= 0.3 is 0 Å². The van der Waals surface area contributed by atoms with Crippen LogP contribution in [0.5, 0.6) is 0 Å². The minimum absolute atomic E-state index is 0.467. The SMILES string of the molecule is CCN(CC)CCCNc1nc(N)c2cnn(C)c2n1. The molecule has 0 spiro atoms. The van der Waals surface area contributed by atoms with Crippen LogP contribution in [0.1, 0.15) is 20.3 Å². The summed E-state index contributed by atoms with van der Waals surface area (Å²) < 4.78 is 1.70. The molecule has 2 aromatic rings. The van der Waals surface area contributed by atoms with E-state index in [1.807, 2.05) is 7.05 Å². The van der Waals surface area contributed by atoms with E-state index in [0.29, 0.717) is 11.8 Å². The summed E-state index contributed by atoms with van der Waals surface area (Å²) in [5.41, 5.74) is 6.67. The molecule has 0 saturated carbocycles. The number of rotatable bonds is 7. The van der Waals surface area contributed by atoms with Gasteiger partial charge in [-0.25, -0.2) is 0 Å². The number of fused-ring (bicyclic) bond motifs is 1. The molecule has 0 amide bonds. The van der Waals surface area contributed by atoms with Crippen molar-refractivity contribution < 1.29 is 0 Å². The van der Waals surface area contributed by atoms with E-state index >= 15 is 0 Å². The van der Waals surface area contributed by atoms with Gasteiger partial charge in [-0.1, -0.05) is 13.8 Å². The number of nitrogens with one attached hydrogen (secondary N) is 1. The molecule has 0 aromatic carbocycles. The van der Waals surface area contributed by atoms with E-state index < -0.39 is 0 Å². The Kier molecular flexibility index (Phi) is 4.73. The molecule has 2 heterocycles.